The van der Waals surface area contributed by atoms with E-state index in [0.29, 0.717) is 24.1 Å². The molecule has 1 heterocycles. The van der Waals surface area contributed by atoms with Crippen LogP contribution in [0.5, 0.6) is 0 Å². The van der Waals surface area contributed by atoms with Crippen LogP contribution in [-0.2, 0) is 23.1 Å². The van der Waals surface area contributed by atoms with Gasteiger partial charge in [-0.05, 0) is 47.1 Å². The highest BCUT2D eigenvalue weighted by Gasteiger charge is 2.44. The molecule has 0 spiro atoms. The molecule has 0 aromatic heterocycles. The van der Waals surface area contributed by atoms with Crippen molar-refractivity contribution in [3.63, 3.8) is 0 Å². The average Bonchev–Trinajstić information content (AvgIpc) is 2.59. The van der Waals surface area contributed by atoms with Gasteiger partial charge in [0.15, 0.2) is 6.29 Å². The van der Waals surface area contributed by atoms with Crippen LogP contribution in [0.2, 0.25) is 0 Å². The highest BCUT2D eigenvalue weighted by Crippen LogP contribution is 2.65. The van der Waals surface area contributed by atoms with Gasteiger partial charge in [-0.2, -0.15) is 0 Å². The van der Waals surface area contributed by atoms with Crippen molar-refractivity contribution in [1.29, 1.82) is 0 Å². The van der Waals surface area contributed by atoms with Gasteiger partial charge in [0.2, 0.25) is 0 Å². The summed E-state index contributed by atoms with van der Waals surface area (Å²) in [6.45, 7) is 11.2. The molecular weight excluding hydrogens is 397 g/mol. The molecular formula is C20H30NO7P. The van der Waals surface area contributed by atoms with E-state index in [1.165, 1.54) is 12.1 Å². The van der Waals surface area contributed by atoms with Crippen LogP contribution in [0.4, 0.5) is 5.69 Å². The molecule has 2 atom stereocenters. The lowest BCUT2D eigenvalue weighted by Gasteiger charge is -2.36. The van der Waals surface area contributed by atoms with Gasteiger partial charge < -0.3 is 18.5 Å². The smallest absolute Gasteiger partial charge is 0.361 e. The van der Waals surface area contributed by atoms with Crippen molar-refractivity contribution in [3.8, 4) is 0 Å². The van der Waals surface area contributed by atoms with Gasteiger partial charge >= 0.3 is 7.60 Å². The molecule has 0 fully saturated rings. The highest BCUT2D eigenvalue weighted by atomic mass is 31.2. The first-order chi connectivity index (χ1) is 13.6. The molecule has 1 aromatic rings. The molecule has 162 valence electrons. The second-order valence-corrected chi connectivity index (χ2v) is 9.29. The van der Waals surface area contributed by atoms with Gasteiger partial charge in [0.25, 0.3) is 5.69 Å². The molecule has 1 aliphatic heterocycles. The summed E-state index contributed by atoms with van der Waals surface area (Å²) in [5.41, 5.74) is 0.752. The third kappa shape index (κ3) is 5.89. The summed E-state index contributed by atoms with van der Waals surface area (Å²) in [6.07, 6.45) is -0.787. The Hall–Kier alpha value is -1.73. The Morgan fingerprint density at radius 2 is 1.72 bits per heavy atom. The van der Waals surface area contributed by atoms with E-state index < -0.39 is 18.8 Å². The summed E-state index contributed by atoms with van der Waals surface area (Å²) in [5.74, 6) is 0.0483. The maximum absolute atomic E-state index is 13.9. The highest BCUT2D eigenvalue weighted by molar-refractivity contribution is 7.58. The standard InChI is InChI=1S/C20H30NO7P/c1-7-25-19-12-18(16-8-10-17(11-9-16)21(22)23)20(15(6)26-19)29(24,27-13(2)3)28-14(4)5/h8-11,13-14,18-19H,7,12H2,1-6H3. The van der Waals surface area contributed by atoms with Crippen LogP contribution < -0.4 is 0 Å². The summed E-state index contributed by atoms with van der Waals surface area (Å²) >= 11 is 0. The van der Waals surface area contributed by atoms with Crippen LogP contribution in [0.3, 0.4) is 0 Å². The van der Waals surface area contributed by atoms with Gasteiger partial charge in [0.1, 0.15) is 5.76 Å². The Morgan fingerprint density at radius 1 is 1.17 bits per heavy atom. The molecule has 0 saturated carbocycles. The van der Waals surface area contributed by atoms with Crippen molar-refractivity contribution in [2.45, 2.75) is 72.4 Å². The van der Waals surface area contributed by atoms with Crippen molar-refractivity contribution in [1.82, 2.24) is 0 Å². The molecule has 0 amide bonds. The van der Waals surface area contributed by atoms with Crippen LogP contribution in [0.1, 0.15) is 59.4 Å². The predicted molar refractivity (Wildman–Crippen MR) is 110 cm³/mol. The second-order valence-electron chi connectivity index (χ2n) is 7.39. The Bertz CT molecular complexity index is 775. The Kier molecular flexibility index (Phi) is 8.00. The maximum Gasteiger partial charge on any atom is 0.361 e. The Morgan fingerprint density at radius 3 is 2.17 bits per heavy atom. The lowest BCUT2D eigenvalue weighted by Crippen LogP contribution is -2.28. The fraction of sp³-hybridized carbons (Fsp3) is 0.600. The molecule has 2 rings (SSSR count). The lowest BCUT2D eigenvalue weighted by atomic mass is 9.92. The number of nitro groups is 1. The molecule has 1 aliphatic rings. The first-order valence-corrected chi connectivity index (χ1v) is 11.3. The number of hydrogen-bond acceptors (Lipinski definition) is 7. The molecule has 0 saturated heterocycles. The number of allylic oxidation sites excluding steroid dienone is 2. The summed E-state index contributed by atoms with van der Waals surface area (Å²) < 4.78 is 37.1. The molecule has 2 unspecified atom stereocenters. The van der Waals surface area contributed by atoms with E-state index in [0.717, 1.165) is 5.56 Å². The fourth-order valence-corrected chi connectivity index (χ4v) is 5.80. The van der Waals surface area contributed by atoms with Crippen molar-refractivity contribution >= 4 is 13.3 Å². The first kappa shape index (κ1) is 23.5. The third-order valence-corrected chi connectivity index (χ3v) is 6.90. The van der Waals surface area contributed by atoms with E-state index in [1.54, 1.807) is 46.8 Å². The number of nitro benzene ring substituents is 1. The largest absolute Gasteiger partial charge is 0.469 e. The van der Waals surface area contributed by atoms with Crippen LogP contribution in [0.25, 0.3) is 0 Å². The number of benzene rings is 1. The quantitative estimate of drug-likeness (QED) is 0.282. The van der Waals surface area contributed by atoms with E-state index >= 15 is 0 Å². The molecule has 9 heteroatoms. The second kappa shape index (κ2) is 9.85. The number of ether oxygens (including phenoxy) is 2. The number of nitrogens with zero attached hydrogens (tertiary/aromatic N) is 1. The molecule has 8 nitrogen and oxygen atoms in total. The van der Waals surface area contributed by atoms with Gasteiger partial charge in [-0.25, -0.2) is 0 Å². The van der Waals surface area contributed by atoms with Crippen molar-refractivity contribution in [2.75, 3.05) is 6.61 Å². The average molecular weight is 427 g/mol. The van der Waals surface area contributed by atoms with E-state index in [1.807, 2.05) is 6.92 Å². The van der Waals surface area contributed by atoms with Crippen LogP contribution in [0.15, 0.2) is 35.3 Å². The third-order valence-electron chi connectivity index (χ3n) is 4.28. The zero-order chi connectivity index (χ0) is 21.8. The monoisotopic (exact) mass is 427 g/mol. The molecule has 1 aromatic carbocycles. The van der Waals surface area contributed by atoms with E-state index in [4.69, 9.17) is 18.5 Å². The SMILES string of the molecule is CCOC1CC(c2ccc([N+](=O)[O-])cc2)C(P(=O)(OC(C)C)OC(C)C)=C(C)O1. The lowest BCUT2D eigenvalue weighted by molar-refractivity contribution is -0.384. The van der Waals surface area contributed by atoms with Gasteiger partial charge in [-0.1, -0.05) is 12.1 Å². The van der Waals surface area contributed by atoms with Crippen molar-refractivity contribution < 1.29 is 28.0 Å². The van der Waals surface area contributed by atoms with Gasteiger partial charge in [0, 0.05) is 31.1 Å². The van der Waals surface area contributed by atoms with E-state index in [2.05, 4.69) is 0 Å². The van der Waals surface area contributed by atoms with Gasteiger partial charge in [-0.3, -0.25) is 14.7 Å². The van der Waals surface area contributed by atoms with Gasteiger partial charge in [-0.15, -0.1) is 0 Å². The van der Waals surface area contributed by atoms with Crippen LogP contribution in [0, 0.1) is 10.1 Å². The minimum absolute atomic E-state index is 0.00976. The van der Waals surface area contributed by atoms with Gasteiger partial charge in [0.05, 0.1) is 22.4 Å². The van der Waals surface area contributed by atoms with Crippen molar-refractivity contribution in [3.05, 3.63) is 51.0 Å². The zero-order valence-electron chi connectivity index (χ0n) is 17.8. The molecule has 0 bridgehead atoms. The number of rotatable bonds is 9. The molecule has 0 N–H and O–H groups in total. The summed E-state index contributed by atoms with van der Waals surface area (Å²) in [5, 5.41) is 11.5. The molecule has 0 aliphatic carbocycles. The number of hydrogen-bond donors (Lipinski definition) is 0. The molecule has 29 heavy (non-hydrogen) atoms. The van der Waals surface area contributed by atoms with Crippen LogP contribution in [-0.4, -0.2) is 30.0 Å². The predicted octanol–water partition coefficient (Wildman–Crippen LogP) is 5.74. The Labute approximate surface area is 171 Å². The summed E-state index contributed by atoms with van der Waals surface area (Å²) in [4.78, 5) is 10.6. The topological polar surface area (TPSA) is 97.1 Å². The van der Waals surface area contributed by atoms with Crippen LogP contribution >= 0.6 is 7.60 Å². The fourth-order valence-electron chi connectivity index (χ4n) is 3.34. The number of non-ortho nitro benzene ring substituents is 1. The minimum Gasteiger partial charge on any atom is -0.469 e. The summed E-state index contributed by atoms with van der Waals surface area (Å²) in [7, 11) is -3.70. The summed E-state index contributed by atoms with van der Waals surface area (Å²) in [6, 6.07) is 6.20. The zero-order valence-corrected chi connectivity index (χ0v) is 18.7. The minimum atomic E-state index is -3.70. The molecule has 0 radical (unpaired) electrons. The first-order valence-electron chi connectivity index (χ1n) is 9.78. The normalized spacial score (nSPS) is 20.3. The van der Waals surface area contributed by atoms with Crippen molar-refractivity contribution in [2.24, 2.45) is 0 Å². The Balaban J connectivity index is 2.56. The van der Waals surface area contributed by atoms with E-state index in [-0.39, 0.29) is 23.8 Å². The van der Waals surface area contributed by atoms with E-state index in [9.17, 15) is 14.7 Å². The maximum atomic E-state index is 13.9.